The molecule has 0 unspecified atom stereocenters. The number of hydrogen-bond donors (Lipinski definition) is 2. The van der Waals surface area contributed by atoms with Crippen LogP contribution in [0.2, 0.25) is 0 Å². The molecule has 1 rings (SSSR count). The first kappa shape index (κ1) is 18.1. The van der Waals surface area contributed by atoms with Gasteiger partial charge in [0.2, 0.25) is 0 Å². The van der Waals surface area contributed by atoms with E-state index in [4.69, 9.17) is 0 Å². The maximum Gasteiger partial charge on any atom is 0.325 e. The smallest absolute Gasteiger partial charge is 0.325 e. The molecule has 2 amide bonds. The molecule has 124 valence electrons. The first-order valence-corrected chi connectivity index (χ1v) is 6.77. The monoisotopic (exact) mass is 323 g/mol. The molecule has 9 nitrogen and oxygen atoms in total. The van der Waals surface area contributed by atoms with Crippen molar-refractivity contribution < 1.29 is 24.0 Å². The van der Waals surface area contributed by atoms with Gasteiger partial charge in [-0.1, -0.05) is 6.07 Å². The molecule has 0 saturated carbocycles. The number of nitrogens with one attached hydrogen (secondary N) is 2. The van der Waals surface area contributed by atoms with Crippen LogP contribution >= 0.6 is 0 Å². The van der Waals surface area contributed by atoms with Crippen molar-refractivity contribution in [2.24, 2.45) is 0 Å². The van der Waals surface area contributed by atoms with Crippen molar-refractivity contribution in [2.45, 2.75) is 19.9 Å². The van der Waals surface area contributed by atoms with Gasteiger partial charge in [-0.2, -0.15) is 0 Å². The van der Waals surface area contributed by atoms with Gasteiger partial charge in [0.1, 0.15) is 6.54 Å². The first-order chi connectivity index (χ1) is 10.8. The number of hydrogen-bond acceptors (Lipinski definition) is 6. The summed E-state index contributed by atoms with van der Waals surface area (Å²) in [4.78, 5) is 44.5. The van der Waals surface area contributed by atoms with Gasteiger partial charge in [0.25, 0.3) is 17.5 Å². The summed E-state index contributed by atoms with van der Waals surface area (Å²) < 4.78 is 4.68. The molecule has 1 aromatic carbocycles. The molecule has 0 aliphatic carbocycles. The molecular formula is C14H17N3O6. The molecule has 1 aromatic rings. The summed E-state index contributed by atoms with van der Waals surface area (Å²) in [5.41, 5.74) is -0.185. The van der Waals surface area contributed by atoms with Gasteiger partial charge >= 0.3 is 5.97 Å². The second-order valence-electron chi connectivity index (χ2n) is 4.87. The fraction of sp³-hybridized carbons (Fsp3) is 0.357. The van der Waals surface area contributed by atoms with E-state index in [1.165, 1.54) is 18.2 Å². The summed E-state index contributed by atoms with van der Waals surface area (Å²) >= 11 is 0. The van der Waals surface area contributed by atoms with Crippen molar-refractivity contribution in [1.82, 2.24) is 10.6 Å². The van der Waals surface area contributed by atoms with Gasteiger partial charge in [-0.15, -0.1) is 0 Å². The van der Waals surface area contributed by atoms with Crippen molar-refractivity contribution >= 4 is 23.5 Å². The number of rotatable bonds is 7. The van der Waals surface area contributed by atoms with E-state index in [0.29, 0.717) is 0 Å². The average molecular weight is 323 g/mol. The standard InChI is InChI=1S/C14H17N3O6/c1-9(2)16-12(18)8-23-13(19)7-15-14(20)10-4-3-5-11(6-10)17(21)22/h3-6,9H,7-8H2,1-2H3,(H,15,20)(H,16,18). The van der Waals surface area contributed by atoms with E-state index in [1.807, 2.05) is 0 Å². The van der Waals surface area contributed by atoms with Crippen molar-refractivity contribution in [3.05, 3.63) is 39.9 Å². The third-order valence-corrected chi connectivity index (χ3v) is 2.53. The van der Waals surface area contributed by atoms with Crippen LogP contribution < -0.4 is 10.6 Å². The molecule has 2 N–H and O–H groups in total. The van der Waals surface area contributed by atoms with Crippen molar-refractivity contribution in [3.63, 3.8) is 0 Å². The number of nitro groups is 1. The van der Waals surface area contributed by atoms with E-state index < -0.39 is 35.9 Å². The van der Waals surface area contributed by atoms with Crippen LogP contribution in [0.4, 0.5) is 5.69 Å². The van der Waals surface area contributed by atoms with Gasteiger partial charge in [-0.25, -0.2) is 0 Å². The van der Waals surface area contributed by atoms with Crippen LogP contribution in [0.3, 0.4) is 0 Å². The lowest BCUT2D eigenvalue weighted by Crippen LogP contribution is -2.36. The molecule has 0 aliphatic rings. The summed E-state index contributed by atoms with van der Waals surface area (Å²) in [6.07, 6.45) is 0. The van der Waals surface area contributed by atoms with E-state index in [9.17, 15) is 24.5 Å². The number of nitrogens with zero attached hydrogens (tertiary/aromatic N) is 1. The fourth-order valence-corrected chi connectivity index (χ4v) is 1.58. The molecule has 0 spiro atoms. The van der Waals surface area contributed by atoms with Crippen LogP contribution in [0.1, 0.15) is 24.2 Å². The van der Waals surface area contributed by atoms with Gasteiger partial charge in [0, 0.05) is 23.7 Å². The highest BCUT2D eigenvalue weighted by atomic mass is 16.6. The largest absolute Gasteiger partial charge is 0.454 e. The Kier molecular flexibility index (Phi) is 6.66. The Balaban J connectivity index is 2.44. The van der Waals surface area contributed by atoms with Gasteiger partial charge < -0.3 is 15.4 Å². The summed E-state index contributed by atoms with van der Waals surface area (Å²) in [6.45, 7) is 2.64. The second-order valence-corrected chi connectivity index (χ2v) is 4.87. The zero-order valence-electron chi connectivity index (χ0n) is 12.7. The second kappa shape index (κ2) is 8.47. The van der Waals surface area contributed by atoms with Gasteiger partial charge in [0.05, 0.1) is 4.92 Å². The fourth-order valence-electron chi connectivity index (χ4n) is 1.58. The van der Waals surface area contributed by atoms with E-state index in [-0.39, 0.29) is 17.3 Å². The average Bonchev–Trinajstić information content (AvgIpc) is 2.50. The van der Waals surface area contributed by atoms with Crippen LogP contribution in [0.15, 0.2) is 24.3 Å². The van der Waals surface area contributed by atoms with E-state index in [0.717, 1.165) is 6.07 Å². The highest BCUT2D eigenvalue weighted by Gasteiger charge is 2.13. The molecule has 0 aliphatic heterocycles. The van der Waals surface area contributed by atoms with Crippen LogP contribution in [-0.4, -0.2) is 41.9 Å². The zero-order chi connectivity index (χ0) is 17.4. The summed E-state index contributed by atoms with van der Waals surface area (Å²) in [5.74, 6) is -1.89. The molecule has 0 heterocycles. The van der Waals surface area contributed by atoms with Crippen LogP contribution in [0, 0.1) is 10.1 Å². The number of ether oxygens (including phenoxy) is 1. The van der Waals surface area contributed by atoms with Crippen LogP contribution in [0.5, 0.6) is 0 Å². The lowest BCUT2D eigenvalue weighted by molar-refractivity contribution is -0.384. The molecule has 9 heteroatoms. The predicted octanol–water partition coefficient (Wildman–Crippen LogP) is 0.392. The van der Waals surface area contributed by atoms with E-state index in [2.05, 4.69) is 15.4 Å². The maximum atomic E-state index is 11.8. The Hall–Kier alpha value is -2.97. The number of carbonyl (C=O) groups excluding carboxylic acids is 3. The van der Waals surface area contributed by atoms with Crippen molar-refractivity contribution in [3.8, 4) is 0 Å². The minimum absolute atomic E-state index is 0.0459. The zero-order valence-corrected chi connectivity index (χ0v) is 12.7. The van der Waals surface area contributed by atoms with Crippen LogP contribution in [-0.2, 0) is 14.3 Å². The van der Waals surface area contributed by atoms with E-state index >= 15 is 0 Å². The molecule has 0 saturated heterocycles. The third kappa shape index (κ3) is 6.55. The lowest BCUT2D eigenvalue weighted by atomic mass is 10.2. The normalized spacial score (nSPS) is 10.0. The quantitative estimate of drug-likeness (QED) is 0.424. The van der Waals surface area contributed by atoms with E-state index in [1.54, 1.807) is 13.8 Å². The number of benzene rings is 1. The molecule has 0 bridgehead atoms. The lowest BCUT2D eigenvalue weighted by Gasteiger charge is -2.09. The summed E-state index contributed by atoms with van der Waals surface area (Å²) in [6, 6.07) is 5.01. The predicted molar refractivity (Wildman–Crippen MR) is 79.7 cm³/mol. The Morgan fingerprint density at radius 3 is 2.61 bits per heavy atom. The number of non-ortho nitro benzene ring substituents is 1. The number of esters is 1. The Labute approximate surface area is 132 Å². The number of carbonyl (C=O) groups is 3. The van der Waals surface area contributed by atoms with Crippen LogP contribution in [0.25, 0.3) is 0 Å². The Morgan fingerprint density at radius 1 is 1.30 bits per heavy atom. The molecule has 0 aromatic heterocycles. The molecule has 23 heavy (non-hydrogen) atoms. The minimum Gasteiger partial charge on any atom is -0.454 e. The molecular weight excluding hydrogens is 306 g/mol. The highest BCUT2D eigenvalue weighted by molar-refractivity contribution is 5.96. The highest BCUT2D eigenvalue weighted by Crippen LogP contribution is 2.12. The Bertz CT molecular complexity index is 614. The topological polar surface area (TPSA) is 128 Å². The van der Waals surface area contributed by atoms with Gasteiger partial charge in [-0.05, 0) is 19.9 Å². The SMILES string of the molecule is CC(C)NC(=O)COC(=O)CNC(=O)c1cccc([N+](=O)[O-])c1. The minimum atomic E-state index is -0.789. The van der Waals surface area contributed by atoms with Gasteiger partial charge in [0.15, 0.2) is 6.61 Å². The molecule has 0 atom stereocenters. The third-order valence-electron chi connectivity index (χ3n) is 2.53. The van der Waals surface area contributed by atoms with Crippen molar-refractivity contribution in [2.75, 3.05) is 13.2 Å². The number of nitro benzene ring substituents is 1. The first-order valence-electron chi connectivity index (χ1n) is 6.77. The summed E-state index contributed by atoms with van der Waals surface area (Å²) in [7, 11) is 0. The van der Waals surface area contributed by atoms with Crippen molar-refractivity contribution in [1.29, 1.82) is 0 Å². The molecule has 0 radical (unpaired) electrons. The maximum absolute atomic E-state index is 11.8. The summed E-state index contributed by atoms with van der Waals surface area (Å²) in [5, 5.41) is 15.4. The Morgan fingerprint density at radius 2 is 2.00 bits per heavy atom. The molecule has 0 fully saturated rings. The van der Waals surface area contributed by atoms with Gasteiger partial charge in [-0.3, -0.25) is 24.5 Å². The number of amides is 2.